The summed E-state index contributed by atoms with van der Waals surface area (Å²) in [6.45, 7) is 1.35. The molecule has 2 amide bonds. The first-order chi connectivity index (χ1) is 9.47. The SMILES string of the molecule is CN1C(=O)[C@H]2CN(Cc3cc(Cl)ccc3F)C[C@H]2C1=O. The van der Waals surface area contributed by atoms with Gasteiger partial charge in [-0.2, -0.15) is 0 Å². The van der Waals surface area contributed by atoms with Gasteiger partial charge in [0.1, 0.15) is 5.82 Å². The maximum Gasteiger partial charge on any atom is 0.234 e. The molecular weight excluding hydrogens is 283 g/mol. The van der Waals surface area contributed by atoms with Crippen molar-refractivity contribution < 1.29 is 14.0 Å². The molecule has 4 nitrogen and oxygen atoms in total. The first-order valence-corrected chi connectivity index (χ1v) is 6.83. The molecule has 2 atom stereocenters. The van der Waals surface area contributed by atoms with Crippen molar-refractivity contribution in [2.75, 3.05) is 20.1 Å². The molecule has 3 rings (SSSR count). The van der Waals surface area contributed by atoms with E-state index in [1.165, 1.54) is 24.1 Å². The lowest BCUT2D eigenvalue weighted by atomic mass is 10.00. The van der Waals surface area contributed by atoms with Gasteiger partial charge in [-0.15, -0.1) is 0 Å². The lowest BCUT2D eigenvalue weighted by Crippen LogP contribution is -2.33. The zero-order valence-corrected chi connectivity index (χ0v) is 11.7. The molecule has 2 fully saturated rings. The fourth-order valence-corrected chi connectivity index (χ4v) is 3.22. The van der Waals surface area contributed by atoms with Crippen LogP contribution in [-0.4, -0.2) is 41.8 Å². The molecule has 0 saturated carbocycles. The molecule has 1 aromatic carbocycles. The van der Waals surface area contributed by atoms with Gasteiger partial charge in [0.15, 0.2) is 0 Å². The Hall–Kier alpha value is -1.46. The molecule has 1 aromatic rings. The third-order valence-electron chi connectivity index (χ3n) is 4.09. The second kappa shape index (κ2) is 4.82. The minimum absolute atomic E-state index is 0.130. The first-order valence-electron chi connectivity index (χ1n) is 6.45. The van der Waals surface area contributed by atoms with Gasteiger partial charge < -0.3 is 0 Å². The Morgan fingerprint density at radius 1 is 1.25 bits per heavy atom. The van der Waals surface area contributed by atoms with E-state index >= 15 is 0 Å². The highest BCUT2D eigenvalue weighted by Crippen LogP contribution is 2.33. The summed E-state index contributed by atoms with van der Waals surface area (Å²) < 4.78 is 13.7. The van der Waals surface area contributed by atoms with Crippen LogP contribution in [0.4, 0.5) is 4.39 Å². The van der Waals surface area contributed by atoms with Crippen molar-refractivity contribution in [2.24, 2.45) is 11.8 Å². The maximum atomic E-state index is 13.7. The molecule has 2 aliphatic heterocycles. The van der Waals surface area contributed by atoms with Crippen molar-refractivity contribution in [3.05, 3.63) is 34.6 Å². The second-order valence-electron chi connectivity index (χ2n) is 5.38. The minimum Gasteiger partial charge on any atom is -0.297 e. The number of rotatable bonds is 2. The normalized spacial score (nSPS) is 26.4. The van der Waals surface area contributed by atoms with Crippen molar-refractivity contribution in [1.29, 1.82) is 0 Å². The Morgan fingerprint density at radius 3 is 2.45 bits per heavy atom. The fraction of sp³-hybridized carbons (Fsp3) is 0.429. The number of hydrogen-bond donors (Lipinski definition) is 0. The number of fused-ring (bicyclic) bond motifs is 1. The second-order valence-corrected chi connectivity index (χ2v) is 5.81. The number of imide groups is 1. The van der Waals surface area contributed by atoms with E-state index in [4.69, 9.17) is 11.6 Å². The number of hydrogen-bond acceptors (Lipinski definition) is 3. The number of likely N-dealkylation sites (tertiary alicyclic amines) is 2. The van der Waals surface area contributed by atoms with E-state index in [0.717, 1.165) is 0 Å². The standard InChI is InChI=1S/C14H14ClFN2O2/c1-17-13(19)10-6-18(7-11(10)14(17)20)5-8-4-9(15)2-3-12(8)16/h2-4,10-11H,5-7H2,1H3/t10-,11+. The van der Waals surface area contributed by atoms with Crippen molar-refractivity contribution in [3.63, 3.8) is 0 Å². The highest BCUT2D eigenvalue weighted by molar-refractivity contribution is 6.30. The highest BCUT2D eigenvalue weighted by Gasteiger charge is 2.50. The van der Waals surface area contributed by atoms with Gasteiger partial charge in [-0.3, -0.25) is 19.4 Å². The molecule has 0 aliphatic carbocycles. The van der Waals surface area contributed by atoms with E-state index < -0.39 is 0 Å². The average Bonchev–Trinajstić information content (AvgIpc) is 2.91. The maximum absolute atomic E-state index is 13.7. The Kier molecular flexibility index (Phi) is 3.26. The molecule has 0 unspecified atom stereocenters. The molecule has 2 aliphatic rings. The van der Waals surface area contributed by atoms with Crippen molar-refractivity contribution in [1.82, 2.24) is 9.80 Å². The molecular formula is C14H14ClFN2O2. The van der Waals surface area contributed by atoms with Crippen LogP contribution in [0.2, 0.25) is 5.02 Å². The van der Waals surface area contributed by atoms with Gasteiger partial charge in [-0.05, 0) is 18.2 Å². The molecule has 0 radical (unpaired) electrons. The van der Waals surface area contributed by atoms with Crippen LogP contribution >= 0.6 is 11.6 Å². The Labute approximate surface area is 121 Å². The van der Waals surface area contributed by atoms with E-state index in [2.05, 4.69) is 0 Å². The zero-order valence-electron chi connectivity index (χ0n) is 11.0. The van der Waals surface area contributed by atoms with Crippen LogP contribution in [0.15, 0.2) is 18.2 Å². The topological polar surface area (TPSA) is 40.6 Å². The summed E-state index contributed by atoms with van der Waals surface area (Å²) in [4.78, 5) is 26.9. The summed E-state index contributed by atoms with van der Waals surface area (Å²) in [6, 6.07) is 4.42. The van der Waals surface area contributed by atoms with Crippen LogP contribution in [-0.2, 0) is 16.1 Å². The van der Waals surface area contributed by atoms with Crippen LogP contribution < -0.4 is 0 Å². The lowest BCUT2D eigenvalue weighted by Gasteiger charge is -2.18. The van der Waals surface area contributed by atoms with Gasteiger partial charge in [0.05, 0.1) is 11.8 Å². The van der Waals surface area contributed by atoms with E-state index in [1.807, 2.05) is 4.90 Å². The molecule has 106 valence electrons. The molecule has 0 aromatic heterocycles. The summed E-state index contributed by atoms with van der Waals surface area (Å²) >= 11 is 5.86. The summed E-state index contributed by atoms with van der Waals surface area (Å²) in [5, 5.41) is 0.479. The Bertz CT molecular complexity index is 569. The predicted octanol–water partition coefficient (Wildman–Crippen LogP) is 1.53. The molecule has 0 N–H and O–H groups in total. The van der Waals surface area contributed by atoms with Crippen molar-refractivity contribution >= 4 is 23.4 Å². The van der Waals surface area contributed by atoms with Crippen molar-refractivity contribution in [2.45, 2.75) is 6.54 Å². The summed E-state index contributed by atoms with van der Waals surface area (Å²) in [6.07, 6.45) is 0. The van der Waals surface area contributed by atoms with Gasteiger partial charge in [-0.25, -0.2) is 4.39 Å². The molecule has 6 heteroatoms. The van der Waals surface area contributed by atoms with E-state index in [-0.39, 0.29) is 29.5 Å². The van der Waals surface area contributed by atoms with Gasteiger partial charge in [0.25, 0.3) is 0 Å². The van der Waals surface area contributed by atoms with Crippen LogP contribution in [0.5, 0.6) is 0 Å². The number of benzene rings is 1. The quantitative estimate of drug-likeness (QED) is 0.777. The number of nitrogens with zero attached hydrogens (tertiary/aromatic N) is 2. The summed E-state index contributed by atoms with van der Waals surface area (Å²) in [5.41, 5.74) is 0.491. The van der Waals surface area contributed by atoms with E-state index in [0.29, 0.717) is 30.2 Å². The first kappa shape index (κ1) is 13.5. The molecule has 2 heterocycles. The minimum atomic E-state index is -0.318. The smallest absolute Gasteiger partial charge is 0.234 e. The summed E-state index contributed by atoms with van der Waals surface area (Å²) in [7, 11) is 1.52. The third kappa shape index (κ3) is 2.11. The molecule has 0 bridgehead atoms. The summed E-state index contributed by atoms with van der Waals surface area (Å²) in [5.74, 6) is -1.14. The third-order valence-corrected chi connectivity index (χ3v) is 4.33. The van der Waals surface area contributed by atoms with Gasteiger partial charge in [-0.1, -0.05) is 11.6 Å². The number of carbonyl (C=O) groups excluding carboxylic acids is 2. The van der Waals surface area contributed by atoms with Gasteiger partial charge in [0.2, 0.25) is 11.8 Å². The lowest BCUT2D eigenvalue weighted by molar-refractivity contribution is -0.138. The van der Waals surface area contributed by atoms with Crippen LogP contribution in [0.3, 0.4) is 0 Å². The van der Waals surface area contributed by atoms with E-state index in [1.54, 1.807) is 6.07 Å². The van der Waals surface area contributed by atoms with Crippen LogP contribution in [0, 0.1) is 17.7 Å². The highest BCUT2D eigenvalue weighted by atomic mass is 35.5. The fourth-order valence-electron chi connectivity index (χ4n) is 3.03. The van der Waals surface area contributed by atoms with Gasteiger partial charge in [0, 0.05) is 37.3 Å². The monoisotopic (exact) mass is 296 g/mol. The number of amides is 2. The average molecular weight is 297 g/mol. The predicted molar refractivity (Wildman–Crippen MR) is 71.4 cm³/mol. The molecule has 2 saturated heterocycles. The van der Waals surface area contributed by atoms with Crippen LogP contribution in [0.25, 0.3) is 0 Å². The largest absolute Gasteiger partial charge is 0.297 e. The van der Waals surface area contributed by atoms with Crippen LogP contribution in [0.1, 0.15) is 5.56 Å². The molecule has 20 heavy (non-hydrogen) atoms. The number of carbonyl (C=O) groups is 2. The Morgan fingerprint density at radius 2 is 1.85 bits per heavy atom. The van der Waals surface area contributed by atoms with Crippen molar-refractivity contribution in [3.8, 4) is 0 Å². The Balaban J connectivity index is 1.75. The number of halogens is 2. The van der Waals surface area contributed by atoms with Gasteiger partial charge >= 0.3 is 0 Å². The zero-order chi connectivity index (χ0) is 14.4. The van der Waals surface area contributed by atoms with E-state index in [9.17, 15) is 14.0 Å². The molecule has 0 spiro atoms.